The molecule has 0 aliphatic heterocycles. The van der Waals surface area contributed by atoms with Crippen molar-refractivity contribution in [2.45, 2.75) is 6.54 Å². The molecule has 1 heterocycles. The van der Waals surface area contributed by atoms with E-state index < -0.39 is 0 Å². The van der Waals surface area contributed by atoms with Gasteiger partial charge in [-0.2, -0.15) is 0 Å². The van der Waals surface area contributed by atoms with Crippen molar-refractivity contribution in [3.63, 3.8) is 0 Å². The van der Waals surface area contributed by atoms with Crippen LogP contribution in [0.1, 0.15) is 5.56 Å². The van der Waals surface area contributed by atoms with Crippen LogP contribution in [0.5, 0.6) is 0 Å². The fraction of sp³-hybridized carbons (Fsp3) is 0.0909. The summed E-state index contributed by atoms with van der Waals surface area (Å²) in [6.45, 7) is 0.539. The van der Waals surface area contributed by atoms with Crippen LogP contribution < -0.4 is 10.9 Å². The minimum Gasteiger partial charge on any atom is -0.364 e. The fourth-order valence-electron chi connectivity index (χ4n) is 1.33. The average Bonchev–Trinajstić information content (AvgIpc) is 2.33. The second kappa shape index (κ2) is 5.33. The van der Waals surface area contributed by atoms with Gasteiger partial charge < -0.3 is 10.3 Å². The van der Waals surface area contributed by atoms with Gasteiger partial charge in [-0.05, 0) is 11.6 Å². The molecule has 0 fully saturated rings. The highest BCUT2D eigenvalue weighted by atomic mass is 79.9. The zero-order chi connectivity index (χ0) is 12.3. The van der Waals surface area contributed by atoms with E-state index in [-0.39, 0.29) is 10.6 Å². The Kier molecular flexibility index (Phi) is 3.81. The first-order valence-corrected chi connectivity index (χ1v) is 6.06. The summed E-state index contributed by atoms with van der Waals surface area (Å²) in [5, 5.41) is 3.09. The Balaban J connectivity index is 2.16. The molecule has 0 saturated heterocycles. The van der Waals surface area contributed by atoms with Crippen molar-refractivity contribution in [1.82, 2.24) is 9.97 Å². The van der Waals surface area contributed by atoms with Crippen LogP contribution in [0.2, 0.25) is 5.02 Å². The largest absolute Gasteiger partial charge is 0.364 e. The monoisotopic (exact) mass is 313 g/mol. The van der Waals surface area contributed by atoms with Gasteiger partial charge in [-0.15, -0.1) is 0 Å². The lowest BCUT2D eigenvalue weighted by Gasteiger charge is -2.07. The number of nitrogens with one attached hydrogen (secondary N) is 2. The van der Waals surface area contributed by atoms with Crippen molar-refractivity contribution < 1.29 is 0 Å². The predicted octanol–water partition coefficient (Wildman–Crippen LogP) is 2.80. The van der Waals surface area contributed by atoms with Gasteiger partial charge in [0.05, 0.1) is 6.33 Å². The number of hydrogen-bond acceptors (Lipinski definition) is 3. The maximum atomic E-state index is 11.2. The highest BCUT2D eigenvalue weighted by Crippen LogP contribution is 2.18. The van der Waals surface area contributed by atoms with Gasteiger partial charge >= 0.3 is 0 Å². The third kappa shape index (κ3) is 2.87. The van der Waals surface area contributed by atoms with E-state index in [1.165, 1.54) is 6.33 Å². The maximum absolute atomic E-state index is 11.2. The van der Waals surface area contributed by atoms with Crippen molar-refractivity contribution >= 4 is 33.3 Å². The number of benzene rings is 1. The molecule has 0 atom stereocenters. The van der Waals surface area contributed by atoms with E-state index in [0.29, 0.717) is 12.4 Å². The Bertz CT molecular complexity index is 585. The van der Waals surface area contributed by atoms with Gasteiger partial charge in [0, 0.05) is 11.0 Å². The Morgan fingerprint density at radius 2 is 2.18 bits per heavy atom. The zero-order valence-electron chi connectivity index (χ0n) is 8.71. The molecule has 1 aromatic carbocycles. The molecule has 0 amide bonds. The lowest BCUT2D eigenvalue weighted by molar-refractivity contribution is 1.06. The number of rotatable bonds is 3. The molecule has 2 aromatic rings. The SMILES string of the molecule is O=c1[nH]cnc(NCc2ccccc2Br)c1Cl. The maximum Gasteiger partial charge on any atom is 0.271 e. The van der Waals surface area contributed by atoms with Gasteiger partial charge in [-0.1, -0.05) is 45.7 Å². The first kappa shape index (κ1) is 12.1. The summed E-state index contributed by atoms with van der Waals surface area (Å²) in [4.78, 5) is 17.6. The van der Waals surface area contributed by atoms with E-state index in [1.54, 1.807) is 0 Å². The molecule has 2 rings (SSSR count). The lowest BCUT2D eigenvalue weighted by atomic mass is 10.2. The quantitative estimate of drug-likeness (QED) is 0.916. The van der Waals surface area contributed by atoms with Crippen LogP contribution in [0, 0.1) is 0 Å². The number of nitrogens with zero attached hydrogens (tertiary/aromatic N) is 1. The summed E-state index contributed by atoms with van der Waals surface area (Å²) in [7, 11) is 0. The van der Waals surface area contributed by atoms with Crippen molar-refractivity contribution in [3.05, 3.63) is 56.0 Å². The zero-order valence-corrected chi connectivity index (χ0v) is 11.0. The van der Waals surface area contributed by atoms with Crippen LogP contribution in [-0.2, 0) is 6.54 Å². The highest BCUT2D eigenvalue weighted by Gasteiger charge is 2.05. The number of H-pyrrole nitrogens is 1. The Hall–Kier alpha value is -1.33. The van der Waals surface area contributed by atoms with Crippen molar-refractivity contribution in [2.75, 3.05) is 5.32 Å². The van der Waals surface area contributed by atoms with E-state index in [1.807, 2.05) is 24.3 Å². The summed E-state index contributed by atoms with van der Waals surface area (Å²) in [5.74, 6) is 0.381. The van der Waals surface area contributed by atoms with E-state index >= 15 is 0 Å². The first-order chi connectivity index (χ1) is 8.18. The van der Waals surface area contributed by atoms with Gasteiger partial charge in [0.15, 0.2) is 5.82 Å². The second-order valence-corrected chi connectivity index (χ2v) is 4.57. The van der Waals surface area contributed by atoms with E-state index in [2.05, 4.69) is 31.2 Å². The van der Waals surface area contributed by atoms with Gasteiger partial charge in [0.25, 0.3) is 5.56 Å². The summed E-state index contributed by atoms with van der Waals surface area (Å²) < 4.78 is 0.994. The molecule has 0 saturated carbocycles. The number of anilines is 1. The smallest absolute Gasteiger partial charge is 0.271 e. The summed E-state index contributed by atoms with van der Waals surface area (Å²) in [6, 6.07) is 7.79. The standard InChI is InChI=1S/C11H9BrClN3O/c12-8-4-2-1-3-7(8)5-14-10-9(13)11(17)16-6-15-10/h1-4,6H,5H2,(H2,14,15,16,17). The highest BCUT2D eigenvalue weighted by molar-refractivity contribution is 9.10. The lowest BCUT2D eigenvalue weighted by Crippen LogP contribution is -2.11. The molecular weight excluding hydrogens is 305 g/mol. The Morgan fingerprint density at radius 3 is 2.94 bits per heavy atom. The van der Waals surface area contributed by atoms with Crippen LogP contribution in [-0.4, -0.2) is 9.97 Å². The molecular formula is C11H9BrClN3O. The third-order valence-electron chi connectivity index (χ3n) is 2.20. The van der Waals surface area contributed by atoms with Crippen molar-refractivity contribution in [2.24, 2.45) is 0 Å². The van der Waals surface area contributed by atoms with E-state index in [0.717, 1.165) is 10.0 Å². The van der Waals surface area contributed by atoms with Gasteiger partial charge in [-0.25, -0.2) is 4.98 Å². The predicted molar refractivity (Wildman–Crippen MR) is 71.3 cm³/mol. The normalized spacial score (nSPS) is 10.2. The number of hydrogen-bond donors (Lipinski definition) is 2. The van der Waals surface area contributed by atoms with Gasteiger partial charge in [-0.3, -0.25) is 4.79 Å². The summed E-state index contributed by atoms with van der Waals surface area (Å²) in [6.07, 6.45) is 1.32. The number of aromatic nitrogens is 2. The molecule has 0 aliphatic carbocycles. The Labute approximate surface area is 111 Å². The van der Waals surface area contributed by atoms with Crippen molar-refractivity contribution in [1.29, 1.82) is 0 Å². The number of aromatic amines is 1. The molecule has 6 heteroatoms. The van der Waals surface area contributed by atoms with Crippen LogP contribution >= 0.6 is 27.5 Å². The second-order valence-electron chi connectivity index (χ2n) is 3.34. The van der Waals surface area contributed by atoms with E-state index in [9.17, 15) is 4.79 Å². The molecule has 17 heavy (non-hydrogen) atoms. The van der Waals surface area contributed by atoms with Crippen LogP contribution in [0.15, 0.2) is 39.9 Å². The minimum absolute atomic E-state index is 0.0690. The Morgan fingerprint density at radius 1 is 1.41 bits per heavy atom. The van der Waals surface area contributed by atoms with E-state index in [4.69, 9.17) is 11.6 Å². The van der Waals surface area contributed by atoms with Gasteiger partial charge in [0.2, 0.25) is 0 Å². The molecule has 2 N–H and O–H groups in total. The number of halogens is 2. The first-order valence-electron chi connectivity index (χ1n) is 4.89. The van der Waals surface area contributed by atoms with Crippen molar-refractivity contribution in [3.8, 4) is 0 Å². The average molecular weight is 315 g/mol. The molecule has 0 unspecified atom stereocenters. The molecule has 0 bridgehead atoms. The fourth-order valence-corrected chi connectivity index (χ4v) is 1.92. The van der Waals surface area contributed by atoms with Crippen LogP contribution in [0.3, 0.4) is 0 Å². The molecule has 88 valence electrons. The van der Waals surface area contributed by atoms with Crippen LogP contribution in [0.25, 0.3) is 0 Å². The van der Waals surface area contributed by atoms with Crippen LogP contribution in [0.4, 0.5) is 5.82 Å². The molecule has 0 aliphatic rings. The third-order valence-corrected chi connectivity index (χ3v) is 3.32. The topological polar surface area (TPSA) is 57.8 Å². The molecule has 4 nitrogen and oxygen atoms in total. The molecule has 1 aromatic heterocycles. The molecule has 0 radical (unpaired) electrons. The summed E-state index contributed by atoms with van der Waals surface area (Å²) in [5.41, 5.74) is 0.710. The summed E-state index contributed by atoms with van der Waals surface area (Å²) >= 11 is 9.26. The van der Waals surface area contributed by atoms with Gasteiger partial charge in [0.1, 0.15) is 5.02 Å². The molecule has 0 spiro atoms. The minimum atomic E-state index is -0.351.